The van der Waals surface area contributed by atoms with Gasteiger partial charge in [-0.25, -0.2) is 9.50 Å². The molecule has 0 amide bonds. The van der Waals surface area contributed by atoms with Crippen LogP contribution in [0, 0.1) is 0 Å². The molecule has 7 nitrogen and oxygen atoms in total. The molecule has 0 aliphatic rings. The quantitative estimate of drug-likeness (QED) is 0.322. The number of thiophene rings is 1. The van der Waals surface area contributed by atoms with Crippen molar-refractivity contribution in [2.75, 3.05) is 25.6 Å². The van der Waals surface area contributed by atoms with Crippen molar-refractivity contribution in [3.63, 3.8) is 0 Å². The smallest absolute Gasteiger partial charge is 0.163 e. The minimum absolute atomic E-state index is 0.0806. The van der Waals surface area contributed by atoms with Gasteiger partial charge in [-0.3, -0.25) is 0 Å². The molecule has 2 N–H and O–H groups in total. The Labute approximate surface area is 188 Å². The molecule has 0 saturated heterocycles. The van der Waals surface area contributed by atoms with Crippen LogP contribution in [0.2, 0.25) is 0 Å². The van der Waals surface area contributed by atoms with Gasteiger partial charge in [0.25, 0.3) is 0 Å². The molecule has 0 aliphatic heterocycles. The van der Waals surface area contributed by atoms with Gasteiger partial charge in [0.2, 0.25) is 0 Å². The largest absolute Gasteiger partial charge is 0.493 e. The van der Waals surface area contributed by atoms with Gasteiger partial charge in [0.1, 0.15) is 5.69 Å². The van der Waals surface area contributed by atoms with Crippen LogP contribution < -0.4 is 14.8 Å². The number of aliphatic hydroxyl groups is 1. The predicted octanol–water partition coefficient (Wildman–Crippen LogP) is 5.12. The minimum atomic E-state index is 0.0806. The van der Waals surface area contributed by atoms with E-state index in [0.29, 0.717) is 30.3 Å². The van der Waals surface area contributed by atoms with Crippen molar-refractivity contribution in [2.24, 2.45) is 0 Å². The highest BCUT2D eigenvalue weighted by molar-refractivity contribution is 7.22. The number of nitrogens with zero attached hydrogens (tertiary/aromatic N) is 3. The average molecular weight is 447 g/mol. The summed E-state index contributed by atoms with van der Waals surface area (Å²) < 4.78 is 14.2. The molecule has 0 atom stereocenters. The highest BCUT2D eigenvalue weighted by Crippen LogP contribution is 2.34. The summed E-state index contributed by atoms with van der Waals surface area (Å²) in [6.45, 7) is 0.491. The fourth-order valence-corrected chi connectivity index (χ4v) is 4.54. The summed E-state index contributed by atoms with van der Waals surface area (Å²) in [5, 5.41) is 18.3. The lowest BCUT2D eigenvalue weighted by molar-refractivity contribution is 0.228. The van der Waals surface area contributed by atoms with Crippen molar-refractivity contribution < 1.29 is 14.6 Å². The van der Waals surface area contributed by atoms with E-state index in [9.17, 15) is 0 Å². The number of ether oxygens (including phenoxy) is 2. The van der Waals surface area contributed by atoms with Gasteiger partial charge < -0.3 is 19.9 Å². The topological polar surface area (TPSA) is 80.9 Å². The molecule has 0 radical (unpaired) electrons. The van der Waals surface area contributed by atoms with E-state index >= 15 is 0 Å². The summed E-state index contributed by atoms with van der Waals surface area (Å²) >= 11 is 1.73. The maximum absolute atomic E-state index is 9.00. The number of rotatable bonds is 8. The van der Waals surface area contributed by atoms with Gasteiger partial charge in [0.05, 0.1) is 24.8 Å². The first kappa shape index (κ1) is 20.3. The number of aromatic nitrogens is 3. The number of aliphatic hydroxyl groups excluding tert-OH is 1. The Morgan fingerprint density at radius 1 is 1.06 bits per heavy atom. The Morgan fingerprint density at radius 2 is 1.97 bits per heavy atom. The van der Waals surface area contributed by atoms with Gasteiger partial charge in [-0.05, 0) is 41.8 Å². The van der Waals surface area contributed by atoms with Crippen molar-refractivity contribution in [3.05, 3.63) is 66.9 Å². The van der Waals surface area contributed by atoms with E-state index in [1.165, 1.54) is 10.1 Å². The number of benzene rings is 2. The summed E-state index contributed by atoms with van der Waals surface area (Å²) in [6.07, 6.45) is 2.41. The SMILES string of the molecule is COc1ccc(Nc2ccc3ncc(-c4cc5ccccc5s4)n3n2)cc1OCCCO. The van der Waals surface area contributed by atoms with Gasteiger partial charge in [0.15, 0.2) is 23.0 Å². The van der Waals surface area contributed by atoms with Crippen molar-refractivity contribution in [1.29, 1.82) is 0 Å². The van der Waals surface area contributed by atoms with E-state index in [1.54, 1.807) is 18.4 Å². The second kappa shape index (κ2) is 8.86. The summed E-state index contributed by atoms with van der Waals surface area (Å²) in [5.41, 5.74) is 2.55. The first-order valence-corrected chi connectivity index (χ1v) is 11.1. The van der Waals surface area contributed by atoms with Crippen LogP contribution in [-0.2, 0) is 0 Å². The van der Waals surface area contributed by atoms with Crippen LogP contribution in [0.3, 0.4) is 0 Å². The number of imidazole rings is 1. The molecule has 0 bridgehead atoms. The van der Waals surface area contributed by atoms with Gasteiger partial charge in [-0.1, -0.05) is 18.2 Å². The first-order valence-electron chi connectivity index (χ1n) is 10.3. The number of hydrogen-bond donors (Lipinski definition) is 2. The molecule has 3 heterocycles. The molecule has 5 aromatic rings. The Bertz CT molecular complexity index is 1350. The van der Waals surface area contributed by atoms with E-state index in [0.717, 1.165) is 21.9 Å². The van der Waals surface area contributed by atoms with Crippen molar-refractivity contribution in [2.45, 2.75) is 6.42 Å². The van der Waals surface area contributed by atoms with Gasteiger partial charge >= 0.3 is 0 Å². The Morgan fingerprint density at radius 3 is 2.81 bits per heavy atom. The van der Waals surface area contributed by atoms with E-state index in [1.807, 2.05) is 53.2 Å². The monoisotopic (exact) mass is 446 g/mol. The van der Waals surface area contributed by atoms with Gasteiger partial charge in [-0.2, -0.15) is 0 Å². The molecular weight excluding hydrogens is 424 g/mol. The number of nitrogens with one attached hydrogen (secondary N) is 1. The Kier molecular flexibility index (Phi) is 5.62. The fourth-order valence-electron chi connectivity index (χ4n) is 3.48. The van der Waals surface area contributed by atoms with Crippen LogP contribution >= 0.6 is 11.3 Å². The molecular formula is C24H22N4O3S. The molecule has 162 valence electrons. The minimum Gasteiger partial charge on any atom is -0.493 e. The molecule has 32 heavy (non-hydrogen) atoms. The molecule has 8 heteroatoms. The van der Waals surface area contributed by atoms with E-state index in [-0.39, 0.29) is 6.61 Å². The Hall–Kier alpha value is -3.62. The zero-order chi connectivity index (χ0) is 21.9. The third-order valence-corrected chi connectivity index (χ3v) is 6.17. The summed E-state index contributed by atoms with van der Waals surface area (Å²) in [7, 11) is 1.60. The molecule has 0 spiro atoms. The van der Waals surface area contributed by atoms with Crippen LogP contribution in [0.4, 0.5) is 11.5 Å². The lowest BCUT2D eigenvalue weighted by Gasteiger charge is -2.13. The second-order valence-electron chi connectivity index (χ2n) is 7.20. The zero-order valence-electron chi connectivity index (χ0n) is 17.5. The number of hydrogen-bond acceptors (Lipinski definition) is 7. The first-order chi connectivity index (χ1) is 15.7. The standard InChI is InChI=1S/C24H22N4O3S/c1-30-19-8-7-17(14-20(19)31-12-4-11-29)26-23-9-10-24-25-15-18(28(24)27-23)22-13-16-5-2-3-6-21(16)32-22/h2-3,5-10,13-15,29H,4,11-12H2,1H3,(H,26,27). The lowest BCUT2D eigenvalue weighted by atomic mass is 10.2. The Balaban J connectivity index is 1.45. The third kappa shape index (κ3) is 3.98. The van der Waals surface area contributed by atoms with E-state index in [4.69, 9.17) is 19.7 Å². The summed E-state index contributed by atoms with van der Waals surface area (Å²) in [6, 6.07) is 20.0. The highest BCUT2D eigenvalue weighted by Gasteiger charge is 2.12. The van der Waals surface area contributed by atoms with Crippen molar-refractivity contribution in [1.82, 2.24) is 14.6 Å². The van der Waals surface area contributed by atoms with Gasteiger partial charge in [0, 0.05) is 29.5 Å². The molecule has 3 aromatic heterocycles. The fraction of sp³-hybridized carbons (Fsp3) is 0.167. The molecule has 0 saturated carbocycles. The molecule has 0 aliphatic carbocycles. The van der Waals surface area contributed by atoms with E-state index in [2.05, 4.69) is 28.5 Å². The molecule has 2 aromatic carbocycles. The summed E-state index contributed by atoms with van der Waals surface area (Å²) in [4.78, 5) is 5.63. The summed E-state index contributed by atoms with van der Waals surface area (Å²) in [5.74, 6) is 1.93. The second-order valence-corrected chi connectivity index (χ2v) is 8.28. The normalized spacial score (nSPS) is 11.2. The third-order valence-electron chi connectivity index (χ3n) is 5.04. The van der Waals surface area contributed by atoms with Crippen LogP contribution in [0.1, 0.15) is 6.42 Å². The maximum atomic E-state index is 9.00. The van der Waals surface area contributed by atoms with E-state index < -0.39 is 0 Å². The number of methoxy groups -OCH3 is 1. The van der Waals surface area contributed by atoms with Crippen molar-refractivity contribution in [3.8, 4) is 22.1 Å². The van der Waals surface area contributed by atoms with Crippen molar-refractivity contribution >= 4 is 38.6 Å². The highest BCUT2D eigenvalue weighted by atomic mass is 32.1. The van der Waals surface area contributed by atoms with Crippen LogP contribution in [0.15, 0.2) is 66.9 Å². The zero-order valence-corrected chi connectivity index (χ0v) is 18.3. The van der Waals surface area contributed by atoms with Crippen LogP contribution in [0.5, 0.6) is 11.5 Å². The maximum Gasteiger partial charge on any atom is 0.163 e. The number of fused-ring (bicyclic) bond motifs is 2. The molecule has 0 unspecified atom stereocenters. The van der Waals surface area contributed by atoms with Crippen LogP contribution in [0.25, 0.3) is 26.3 Å². The van der Waals surface area contributed by atoms with Crippen LogP contribution in [-0.4, -0.2) is 40.0 Å². The van der Waals surface area contributed by atoms with Gasteiger partial charge in [-0.15, -0.1) is 16.4 Å². The molecule has 5 rings (SSSR count). The average Bonchev–Trinajstić information content (AvgIpc) is 3.43. The predicted molar refractivity (Wildman–Crippen MR) is 127 cm³/mol. The molecule has 0 fully saturated rings. The number of anilines is 2. The lowest BCUT2D eigenvalue weighted by Crippen LogP contribution is -2.03.